The largest absolute Gasteiger partial charge is 0.481 e. The molecule has 0 amide bonds. The van der Waals surface area contributed by atoms with E-state index in [4.69, 9.17) is 18.9 Å². The second-order valence-electron chi connectivity index (χ2n) is 12.9. The van der Waals surface area contributed by atoms with E-state index in [0.717, 1.165) is 44.5 Å². The zero-order valence-electron chi connectivity index (χ0n) is 28.7. The minimum absolute atomic E-state index is 0.299. The van der Waals surface area contributed by atoms with Crippen LogP contribution in [0.15, 0.2) is 60.7 Å². The number of methoxy groups -OCH3 is 2. The fourth-order valence-electron chi connectivity index (χ4n) is 5.97. The standard InChI is InChI=1S/C38H42N4O8/c1-23-27(21-49-31-13-11-25(33(41-31)47-3)19-39-37(15-16-37)35(43)44)7-5-9-29(23)30-10-6-8-28(24(30)2)22-50-32-14-12-26(34(42-32)48-4)20-40-38(17-18-38)36(45)46/h5-14,39-40H,15-22H2,1-4H3,(H,43,44)(H,45,46). The second kappa shape index (κ2) is 14.3. The van der Waals surface area contributed by atoms with E-state index in [1.165, 1.54) is 14.2 Å². The van der Waals surface area contributed by atoms with Crippen LogP contribution in [0.5, 0.6) is 23.5 Å². The van der Waals surface area contributed by atoms with Crippen LogP contribution in [0, 0.1) is 13.8 Å². The van der Waals surface area contributed by atoms with E-state index in [1.54, 1.807) is 12.1 Å². The van der Waals surface area contributed by atoms with Gasteiger partial charge in [0.05, 0.1) is 14.2 Å². The summed E-state index contributed by atoms with van der Waals surface area (Å²) in [5, 5.41) is 25.1. The maximum Gasteiger partial charge on any atom is 0.323 e. The van der Waals surface area contributed by atoms with Gasteiger partial charge in [0, 0.05) is 36.3 Å². The molecule has 0 bridgehead atoms. The molecule has 0 saturated heterocycles. The third-order valence-corrected chi connectivity index (χ3v) is 9.70. The van der Waals surface area contributed by atoms with Crippen molar-refractivity contribution in [2.45, 2.75) is 76.9 Å². The summed E-state index contributed by atoms with van der Waals surface area (Å²) in [5.74, 6) is -0.0813. The number of carbonyl (C=O) groups is 2. The Balaban J connectivity index is 1.10. The summed E-state index contributed by atoms with van der Waals surface area (Å²) in [4.78, 5) is 32.1. The molecular formula is C38H42N4O8. The third kappa shape index (κ3) is 7.36. The highest BCUT2D eigenvalue weighted by Crippen LogP contribution is 2.37. The Morgan fingerprint density at radius 2 is 1.04 bits per heavy atom. The number of hydrogen-bond donors (Lipinski definition) is 4. The van der Waals surface area contributed by atoms with Gasteiger partial charge in [-0.05, 0) is 85.0 Å². The Morgan fingerprint density at radius 1 is 0.640 bits per heavy atom. The number of hydrogen-bond acceptors (Lipinski definition) is 10. The van der Waals surface area contributed by atoms with Crippen LogP contribution in [-0.2, 0) is 35.9 Å². The fourth-order valence-corrected chi connectivity index (χ4v) is 5.97. The number of ether oxygens (including phenoxy) is 4. The zero-order chi connectivity index (χ0) is 35.5. The Bertz CT molecular complexity index is 1770. The Labute approximate surface area is 290 Å². The Kier molecular flexibility index (Phi) is 9.94. The van der Waals surface area contributed by atoms with Crippen LogP contribution in [0.25, 0.3) is 11.1 Å². The predicted octanol–water partition coefficient (Wildman–Crippen LogP) is 5.35. The fraction of sp³-hybridized carbons (Fsp3) is 0.368. The number of pyridine rings is 2. The molecular weight excluding hydrogens is 640 g/mol. The summed E-state index contributed by atoms with van der Waals surface area (Å²) in [6.07, 6.45) is 2.43. The molecule has 2 heterocycles. The maximum absolute atomic E-state index is 11.5. The second-order valence-corrected chi connectivity index (χ2v) is 12.9. The third-order valence-electron chi connectivity index (χ3n) is 9.70. The molecule has 0 spiro atoms. The first-order chi connectivity index (χ1) is 24.1. The lowest BCUT2D eigenvalue weighted by Crippen LogP contribution is -2.38. The van der Waals surface area contributed by atoms with Gasteiger partial charge in [0.15, 0.2) is 0 Å². The highest BCUT2D eigenvalue weighted by Gasteiger charge is 2.50. The van der Waals surface area contributed by atoms with Gasteiger partial charge in [0.25, 0.3) is 0 Å². The van der Waals surface area contributed by atoms with E-state index in [0.29, 0.717) is 75.5 Å². The average Bonchev–Trinajstić information content (AvgIpc) is 4.06. The van der Waals surface area contributed by atoms with Crippen LogP contribution in [0.3, 0.4) is 0 Å². The van der Waals surface area contributed by atoms with Crippen molar-refractivity contribution in [1.82, 2.24) is 20.6 Å². The summed E-state index contributed by atoms with van der Waals surface area (Å²) in [5.41, 5.74) is 6.15. The Morgan fingerprint density at radius 3 is 1.38 bits per heavy atom. The topological polar surface area (TPSA) is 161 Å². The zero-order valence-corrected chi connectivity index (χ0v) is 28.7. The molecule has 2 saturated carbocycles. The first-order valence-electron chi connectivity index (χ1n) is 16.6. The molecule has 0 unspecified atom stereocenters. The number of aliphatic carboxylic acids is 2. The lowest BCUT2D eigenvalue weighted by Gasteiger charge is -2.17. The van der Waals surface area contributed by atoms with Crippen molar-refractivity contribution in [3.63, 3.8) is 0 Å². The molecule has 50 heavy (non-hydrogen) atoms. The van der Waals surface area contributed by atoms with Crippen molar-refractivity contribution in [2.75, 3.05) is 14.2 Å². The van der Waals surface area contributed by atoms with Crippen molar-refractivity contribution in [1.29, 1.82) is 0 Å². The quantitative estimate of drug-likeness (QED) is 0.113. The van der Waals surface area contributed by atoms with Gasteiger partial charge in [-0.1, -0.05) is 36.4 Å². The molecule has 4 N–H and O–H groups in total. The molecule has 2 aromatic carbocycles. The summed E-state index contributed by atoms with van der Waals surface area (Å²) in [7, 11) is 3.07. The Hall–Kier alpha value is -5.20. The number of aromatic nitrogens is 2. The molecule has 4 aromatic rings. The van der Waals surface area contributed by atoms with Gasteiger partial charge in [-0.3, -0.25) is 20.2 Å². The SMILES string of the molecule is COc1nc(OCc2cccc(-c3cccc(COc4ccc(CNC5(C(=O)O)CC5)c(OC)n4)c3C)c2C)ccc1CNC1(C(=O)O)CC1. The molecule has 0 aliphatic heterocycles. The van der Waals surface area contributed by atoms with Gasteiger partial charge in [0.2, 0.25) is 23.5 Å². The summed E-state index contributed by atoms with van der Waals surface area (Å²) < 4.78 is 23.2. The number of carboxylic acid groups (broad SMARTS) is 2. The van der Waals surface area contributed by atoms with Crippen molar-refractivity contribution in [2.24, 2.45) is 0 Å². The molecule has 2 fully saturated rings. The number of carboxylic acids is 2. The van der Waals surface area contributed by atoms with Gasteiger partial charge >= 0.3 is 11.9 Å². The van der Waals surface area contributed by atoms with E-state index in [9.17, 15) is 19.8 Å². The monoisotopic (exact) mass is 682 g/mol. The van der Waals surface area contributed by atoms with Crippen LogP contribution in [0.1, 0.15) is 59.1 Å². The first-order valence-corrected chi connectivity index (χ1v) is 16.6. The predicted molar refractivity (Wildman–Crippen MR) is 184 cm³/mol. The molecule has 2 aliphatic rings. The van der Waals surface area contributed by atoms with Crippen LogP contribution < -0.4 is 29.6 Å². The van der Waals surface area contributed by atoms with Gasteiger partial charge < -0.3 is 29.2 Å². The normalized spacial score (nSPS) is 15.2. The molecule has 2 aromatic heterocycles. The van der Waals surface area contributed by atoms with Crippen molar-refractivity contribution < 1.29 is 38.7 Å². The minimum Gasteiger partial charge on any atom is -0.481 e. The molecule has 0 radical (unpaired) electrons. The lowest BCUT2D eigenvalue weighted by molar-refractivity contribution is -0.141. The van der Waals surface area contributed by atoms with Crippen LogP contribution in [-0.4, -0.2) is 57.4 Å². The van der Waals surface area contributed by atoms with Gasteiger partial charge in [-0.25, -0.2) is 0 Å². The van der Waals surface area contributed by atoms with E-state index >= 15 is 0 Å². The van der Waals surface area contributed by atoms with E-state index in [2.05, 4.69) is 46.6 Å². The molecule has 12 nitrogen and oxygen atoms in total. The molecule has 2 aliphatic carbocycles. The van der Waals surface area contributed by atoms with E-state index in [-0.39, 0.29) is 0 Å². The van der Waals surface area contributed by atoms with Crippen molar-refractivity contribution in [3.05, 3.63) is 94.0 Å². The average molecular weight is 683 g/mol. The number of nitrogens with zero attached hydrogens (tertiary/aromatic N) is 2. The molecule has 262 valence electrons. The van der Waals surface area contributed by atoms with Gasteiger partial charge in [-0.2, -0.15) is 9.97 Å². The molecule has 6 rings (SSSR count). The summed E-state index contributed by atoms with van der Waals surface area (Å²) in [6.45, 7) is 5.41. The highest BCUT2D eigenvalue weighted by atomic mass is 16.5. The van der Waals surface area contributed by atoms with Crippen molar-refractivity contribution in [3.8, 4) is 34.6 Å². The minimum atomic E-state index is -0.852. The van der Waals surface area contributed by atoms with Gasteiger partial charge in [-0.15, -0.1) is 0 Å². The smallest absolute Gasteiger partial charge is 0.323 e. The maximum atomic E-state index is 11.5. The van der Waals surface area contributed by atoms with E-state index in [1.807, 2.05) is 36.4 Å². The van der Waals surface area contributed by atoms with Gasteiger partial charge in [0.1, 0.15) is 24.3 Å². The summed E-state index contributed by atoms with van der Waals surface area (Å²) >= 11 is 0. The number of rotatable bonds is 17. The number of benzene rings is 2. The molecule has 0 atom stereocenters. The van der Waals surface area contributed by atoms with Crippen molar-refractivity contribution >= 4 is 11.9 Å². The highest BCUT2D eigenvalue weighted by molar-refractivity contribution is 5.82. The lowest BCUT2D eigenvalue weighted by atomic mass is 9.92. The van der Waals surface area contributed by atoms with E-state index < -0.39 is 23.0 Å². The first kappa shape index (κ1) is 34.7. The van der Waals surface area contributed by atoms with Crippen LogP contribution in [0.2, 0.25) is 0 Å². The summed E-state index contributed by atoms with van der Waals surface area (Å²) in [6, 6.07) is 19.5. The molecule has 12 heteroatoms. The van der Waals surface area contributed by atoms with Crippen LogP contribution >= 0.6 is 0 Å². The van der Waals surface area contributed by atoms with Crippen LogP contribution in [0.4, 0.5) is 0 Å². The number of nitrogens with one attached hydrogen (secondary N) is 2.